The van der Waals surface area contributed by atoms with Gasteiger partial charge < -0.3 is 10.2 Å². The molecule has 2 N–H and O–H groups in total. The Morgan fingerprint density at radius 2 is 1.94 bits per heavy atom. The van der Waals surface area contributed by atoms with Crippen LogP contribution in [0.15, 0.2) is 0 Å². The zero-order chi connectivity index (χ0) is 13.1. The van der Waals surface area contributed by atoms with Gasteiger partial charge in [0, 0.05) is 0 Å². The van der Waals surface area contributed by atoms with Gasteiger partial charge in [-0.05, 0) is 25.2 Å². The first kappa shape index (κ1) is 14.0. The number of hydrogen-bond acceptors (Lipinski definition) is 2. The molecule has 0 heterocycles. The molecule has 1 saturated carbocycles. The van der Waals surface area contributed by atoms with Gasteiger partial charge in [-0.3, -0.25) is 9.59 Å². The van der Waals surface area contributed by atoms with E-state index < -0.39 is 23.3 Å². The van der Waals surface area contributed by atoms with Crippen LogP contribution in [0.5, 0.6) is 0 Å². The average Bonchev–Trinajstić information content (AvgIpc) is 2.66. The monoisotopic (exact) mass is 242 g/mol. The van der Waals surface area contributed by atoms with Gasteiger partial charge in [0.15, 0.2) is 0 Å². The second kappa shape index (κ2) is 5.52. The Morgan fingerprint density at radius 3 is 2.35 bits per heavy atom. The molecule has 0 spiro atoms. The quantitative estimate of drug-likeness (QED) is 0.751. The molecule has 0 aromatic heterocycles. The van der Waals surface area contributed by atoms with E-state index in [-0.39, 0.29) is 5.92 Å². The zero-order valence-corrected chi connectivity index (χ0v) is 10.6. The van der Waals surface area contributed by atoms with Crippen LogP contribution in [0.4, 0.5) is 0 Å². The van der Waals surface area contributed by atoms with Crippen molar-refractivity contribution in [3.63, 3.8) is 0 Å². The van der Waals surface area contributed by atoms with Crippen molar-refractivity contribution in [3.05, 3.63) is 0 Å². The summed E-state index contributed by atoms with van der Waals surface area (Å²) in [6.07, 6.45) is 4.06. The molecule has 3 atom stereocenters. The summed E-state index contributed by atoms with van der Waals surface area (Å²) in [5, 5.41) is 18.7. The Hall–Kier alpha value is -1.06. The van der Waals surface area contributed by atoms with E-state index in [1.165, 1.54) is 0 Å². The molecule has 0 aliphatic heterocycles. The highest BCUT2D eigenvalue weighted by Crippen LogP contribution is 2.52. The summed E-state index contributed by atoms with van der Waals surface area (Å²) in [5.74, 6) is -2.34. The molecular weight excluding hydrogens is 220 g/mol. The lowest BCUT2D eigenvalue weighted by molar-refractivity contribution is -0.154. The van der Waals surface area contributed by atoms with Gasteiger partial charge in [0.05, 0.1) is 11.3 Å². The molecule has 0 aromatic carbocycles. The maximum absolute atomic E-state index is 11.6. The Kier molecular flexibility index (Phi) is 4.54. The third kappa shape index (κ3) is 2.45. The molecule has 1 aliphatic rings. The Labute approximate surface area is 102 Å². The summed E-state index contributed by atoms with van der Waals surface area (Å²) < 4.78 is 0. The summed E-state index contributed by atoms with van der Waals surface area (Å²) >= 11 is 0. The number of rotatable bonds is 6. The normalized spacial score (nSPS) is 32.6. The van der Waals surface area contributed by atoms with Crippen LogP contribution < -0.4 is 0 Å². The number of unbranched alkanes of at least 4 members (excludes halogenated alkanes) is 1. The van der Waals surface area contributed by atoms with E-state index in [4.69, 9.17) is 5.11 Å². The molecule has 1 aliphatic carbocycles. The van der Waals surface area contributed by atoms with Gasteiger partial charge in [0.2, 0.25) is 0 Å². The van der Waals surface area contributed by atoms with E-state index in [0.29, 0.717) is 25.7 Å². The minimum Gasteiger partial charge on any atom is -0.481 e. The molecule has 0 radical (unpaired) electrons. The van der Waals surface area contributed by atoms with Crippen LogP contribution in [-0.4, -0.2) is 22.2 Å². The van der Waals surface area contributed by atoms with Gasteiger partial charge in [-0.15, -0.1) is 0 Å². The lowest BCUT2D eigenvalue weighted by Crippen LogP contribution is -2.38. The van der Waals surface area contributed by atoms with Crippen molar-refractivity contribution < 1.29 is 19.8 Å². The van der Waals surface area contributed by atoms with Gasteiger partial charge in [0.25, 0.3) is 0 Å². The van der Waals surface area contributed by atoms with Crippen LogP contribution in [0.2, 0.25) is 0 Å². The van der Waals surface area contributed by atoms with Crippen molar-refractivity contribution in [1.29, 1.82) is 0 Å². The lowest BCUT2D eigenvalue weighted by Gasteiger charge is -2.32. The molecule has 1 rings (SSSR count). The van der Waals surface area contributed by atoms with Crippen molar-refractivity contribution in [2.45, 2.75) is 52.4 Å². The lowest BCUT2D eigenvalue weighted by atomic mass is 9.71. The number of aliphatic carboxylic acids is 2. The topological polar surface area (TPSA) is 74.6 Å². The van der Waals surface area contributed by atoms with Crippen molar-refractivity contribution in [1.82, 2.24) is 0 Å². The van der Waals surface area contributed by atoms with E-state index >= 15 is 0 Å². The summed E-state index contributed by atoms with van der Waals surface area (Å²) in [7, 11) is 0. The fourth-order valence-electron chi connectivity index (χ4n) is 3.33. The summed E-state index contributed by atoms with van der Waals surface area (Å²) in [6.45, 7) is 3.93. The third-order valence-corrected chi connectivity index (χ3v) is 4.26. The second-order valence-corrected chi connectivity index (χ2v) is 5.06. The Balaban J connectivity index is 2.97. The molecule has 17 heavy (non-hydrogen) atoms. The van der Waals surface area contributed by atoms with Crippen molar-refractivity contribution in [3.8, 4) is 0 Å². The first-order chi connectivity index (χ1) is 7.99. The highest BCUT2D eigenvalue weighted by molar-refractivity contribution is 5.79. The highest BCUT2D eigenvalue weighted by Gasteiger charge is 2.54. The summed E-state index contributed by atoms with van der Waals surface area (Å²) in [6, 6.07) is 0. The van der Waals surface area contributed by atoms with Crippen LogP contribution >= 0.6 is 0 Å². The molecule has 4 nitrogen and oxygen atoms in total. The molecule has 98 valence electrons. The predicted octanol–water partition coefficient (Wildman–Crippen LogP) is 2.77. The fourth-order valence-corrected chi connectivity index (χ4v) is 3.33. The summed E-state index contributed by atoms with van der Waals surface area (Å²) in [4.78, 5) is 22.7. The molecular formula is C13H22O4. The van der Waals surface area contributed by atoms with Crippen LogP contribution in [0.25, 0.3) is 0 Å². The minimum atomic E-state index is -0.837. The van der Waals surface area contributed by atoms with Gasteiger partial charge >= 0.3 is 11.9 Å². The van der Waals surface area contributed by atoms with Gasteiger partial charge in [-0.2, -0.15) is 0 Å². The predicted molar refractivity (Wildman–Crippen MR) is 63.7 cm³/mol. The first-order valence-corrected chi connectivity index (χ1v) is 6.45. The molecule has 4 heteroatoms. The van der Waals surface area contributed by atoms with Crippen molar-refractivity contribution in [2.75, 3.05) is 0 Å². The van der Waals surface area contributed by atoms with Crippen LogP contribution in [0.1, 0.15) is 52.4 Å². The van der Waals surface area contributed by atoms with Crippen LogP contribution in [0, 0.1) is 17.3 Å². The standard InChI is InChI=1S/C13H22O4/c1-3-5-7-13(12(16)17)8-6-9(11(14)15)10(13)4-2/h9-10H,3-8H2,1-2H3,(H,14,15)(H,16,17). The largest absolute Gasteiger partial charge is 0.481 e. The molecule has 3 unspecified atom stereocenters. The number of hydrogen-bond donors (Lipinski definition) is 2. The number of carboxylic acid groups (broad SMARTS) is 2. The van der Waals surface area contributed by atoms with E-state index in [1.807, 2.05) is 13.8 Å². The molecule has 0 aromatic rings. The van der Waals surface area contributed by atoms with Gasteiger partial charge in [-0.1, -0.05) is 33.1 Å². The molecule has 0 saturated heterocycles. The van der Waals surface area contributed by atoms with Gasteiger partial charge in [0.1, 0.15) is 0 Å². The summed E-state index contributed by atoms with van der Waals surface area (Å²) in [5.41, 5.74) is -0.798. The van der Waals surface area contributed by atoms with E-state index in [2.05, 4.69) is 0 Å². The first-order valence-electron chi connectivity index (χ1n) is 6.45. The van der Waals surface area contributed by atoms with E-state index in [9.17, 15) is 14.7 Å². The van der Waals surface area contributed by atoms with E-state index in [0.717, 1.165) is 12.8 Å². The molecule has 0 bridgehead atoms. The smallest absolute Gasteiger partial charge is 0.309 e. The fraction of sp³-hybridized carbons (Fsp3) is 0.846. The van der Waals surface area contributed by atoms with Crippen molar-refractivity contribution >= 4 is 11.9 Å². The SMILES string of the molecule is CCCCC1(C(=O)O)CCC(C(=O)O)C1CC. The van der Waals surface area contributed by atoms with Crippen molar-refractivity contribution in [2.24, 2.45) is 17.3 Å². The maximum atomic E-state index is 11.6. The maximum Gasteiger partial charge on any atom is 0.309 e. The third-order valence-electron chi connectivity index (χ3n) is 4.26. The molecule has 1 fully saturated rings. The van der Waals surface area contributed by atoms with E-state index in [1.54, 1.807) is 0 Å². The highest BCUT2D eigenvalue weighted by atomic mass is 16.4. The van der Waals surface area contributed by atoms with Gasteiger partial charge in [-0.25, -0.2) is 0 Å². The second-order valence-electron chi connectivity index (χ2n) is 5.06. The number of carbonyl (C=O) groups is 2. The average molecular weight is 242 g/mol. The number of carboxylic acids is 2. The minimum absolute atomic E-state index is 0.218. The molecule has 0 amide bonds. The Bertz CT molecular complexity index is 300. The van der Waals surface area contributed by atoms with Crippen LogP contribution in [-0.2, 0) is 9.59 Å². The zero-order valence-electron chi connectivity index (χ0n) is 10.6. The Morgan fingerprint density at radius 1 is 1.29 bits per heavy atom. The van der Waals surface area contributed by atoms with Crippen LogP contribution in [0.3, 0.4) is 0 Å².